The van der Waals surface area contributed by atoms with E-state index in [1.165, 1.54) is 12.1 Å². The first kappa shape index (κ1) is 14.4. The maximum Gasteiger partial charge on any atom is 0.242 e. The summed E-state index contributed by atoms with van der Waals surface area (Å²) in [5.41, 5.74) is -0.0122. The minimum absolute atomic E-state index is 0.0122. The number of hydrogen-bond donors (Lipinski definition) is 2. The first-order chi connectivity index (χ1) is 8.45. The Morgan fingerprint density at radius 1 is 1.33 bits per heavy atom. The SMILES string of the molecule is CCC(C)NC(=O)C(C)Nc1cccc(F)c1F. The Morgan fingerprint density at radius 2 is 2.00 bits per heavy atom. The van der Waals surface area contributed by atoms with Gasteiger partial charge in [-0.3, -0.25) is 4.79 Å². The average Bonchev–Trinajstić information content (AvgIpc) is 2.34. The molecule has 100 valence electrons. The van der Waals surface area contributed by atoms with Gasteiger partial charge in [-0.25, -0.2) is 8.78 Å². The van der Waals surface area contributed by atoms with Crippen LogP contribution in [0.1, 0.15) is 27.2 Å². The highest BCUT2D eigenvalue weighted by Gasteiger charge is 2.16. The molecule has 2 atom stereocenters. The predicted octanol–water partition coefficient (Wildman–Crippen LogP) is 2.68. The van der Waals surface area contributed by atoms with Crippen molar-refractivity contribution >= 4 is 11.6 Å². The summed E-state index contributed by atoms with van der Waals surface area (Å²) in [6.07, 6.45) is 0.812. The molecule has 1 amide bonds. The number of benzene rings is 1. The lowest BCUT2D eigenvalue weighted by molar-refractivity contribution is -0.122. The quantitative estimate of drug-likeness (QED) is 0.850. The number of carbonyl (C=O) groups excluding carboxylic acids is 1. The summed E-state index contributed by atoms with van der Waals surface area (Å²) >= 11 is 0. The molecule has 0 aliphatic heterocycles. The zero-order chi connectivity index (χ0) is 13.7. The Balaban J connectivity index is 2.67. The van der Waals surface area contributed by atoms with E-state index in [4.69, 9.17) is 0 Å². The van der Waals surface area contributed by atoms with Crippen LogP contribution in [0, 0.1) is 11.6 Å². The van der Waals surface area contributed by atoms with Gasteiger partial charge in [0.15, 0.2) is 11.6 Å². The van der Waals surface area contributed by atoms with Gasteiger partial charge in [-0.15, -0.1) is 0 Å². The normalized spacial score (nSPS) is 13.8. The van der Waals surface area contributed by atoms with Crippen molar-refractivity contribution in [3.8, 4) is 0 Å². The van der Waals surface area contributed by atoms with Crippen molar-refractivity contribution < 1.29 is 13.6 Å². The molecular formula is C13H18F2N2O. The number of anilines is 1. The van der Waals surface area contributed by atoms with Crippen LogP contribution in [0.2, 0.25) is 0 Å². The Kier molecular flexibility index (Phi) is 5.07. The van der Waals surface area contributed by atoms with E-state index < -0.39 is 17.7 Å². The maximum atomic E-state index is 13.4. The third-order valence-corrected chi connectivity index (χ3v) is 2.72. The molecular weight excluding hydrogens is 238 g/mol. The molecule has 1 rings (SSSR count). The van der Waals surface area contributed by atoms with E-state index in [0.29, 0.717) is 0 Å². The zero-order valence-corrected chi connectivity index (χ0v) is 10.8. The molecule has 3 nitrogen and oxygen atoms in total. The van der Waals surface area contributed by atoms with Crippen molar-refractivity contribution in [2.75, 3.05) is 5.32 Å². The van der Waals surface area contributed by atoms with Crippen LogP contribution in [0.3, 0.4) is 0 Å². The summed E-state index contributed by atoms with van der Waals surface area (Å²) in [5, 5.41) is 5.42. The lowest BCUT2D eigenvalue weighted by Crippen LogP contribution is -2.42. The predicted molar refractivity (Wildman–Crippen MR) is 67.3 cm³/mol. The summed E-state index contributed by atoms with van der Waals surface area (Å²) < 4.78 is 26.4. The standard InChI is InChI=1S/C13H18F2N2O/c1-4-8(2)16-13(18)9(3)17-11-7-5-6-10(14)12(11)15/h5-9,17H,4H2,1-3H3,(H,16,18). The molecule has 18 heavy (non-hydrogen) atoms. The second-order valence-corrected chi connectivity index (χ2v) is 4.29. The Hall–Kier alpha value is -1.65. The second kappa shape index (κ2) is 6.33. The zero-order valence-electron chi connectivity index (χ0n) is 10.8. The molecule has 0 fully saturated rings. The number of rotatable bonds is 5. The van der Waals surface area contributed by atoms with Crippen LogP contribution in [-0.4, -0.2) is 18.0 Å². The molecule has 0 aliphatic carbocycles. The summed E-state index contributed by atoms with van der Waals surface area (Å²) in [6.45, 7) is 5.44. The molecule has 2 N–H and O–H groups in total. The molecule has 0 heterocycles. The van der Waals surface area contributed by atoms with Gasteiger partial charge in [0.2, 0.25) is 5.91 Å². The molecule has 0 saturated carbocycles. The lowest BCUT2D eigenvalue weighted by atomic mass is 10.2. The van der Waals surface area contributed by atoms with Crippen LogP contribution >= 0.6 is 0 Å². The van der Waals surface area contributed by atoms with E-state index in [1.807, 2.05) is 13.8 Å². The number of amides is 1. The minimum atomic E-state index is -0.972. The molecule has 0 bridgehead atoms. The summed E-state index contributed by atoms with van der Waals surface area (Å²) in [5.74, 6) is -2.15. The topological polar surface area (TPSA) is 41.1 Å². The molecule has 0 spiro atoms. The Bertz CT molecular complexity index is 423. The van der Waals surface area contributed by atoms with Gasteiger partial charge in [0, 0.05) is 6.04 Å². The maximum absolute atomic E-state index is 13.4. The fraction of sp³-hybridized carbons (Fsp3) is 0.462. The second-order valence-electron chi connectivity index (χ2n) is 4.29. The Labute approximate surface area is 106 Å². The highest BCUT2D eigenvalue weighted by molar-refractivity contribution is 5.84. The summed E-state index contributed by atoms with van der Waals surface area (Å²) in [7, 11) is 0. The molecule has 5 heteroatoms. The van der Waals surface area contributed by atoms with E-state index in [2.05, 4.69) is 10.6 Å². The van der Waals surface area contributed by atoms with Crippen molar-refractivity contribution in [1.82, 2.24) is 5.32 Å². The summed E-state index contributed by atoms with van der Waals surface area (Å²) in [4.78, 5) is 11.7. The van der Waals surface area contributed by atoms with Gasteiger partial charge in [0.05, 0.1) is 5.69 Å². The smallest absolute Gasteiger partial charge is 0.242 e. The van der Waals surface area contributed by atoms with E-state index in [-0.39, 0.29) is 17.6 Å². The number of hydrogen-bond acceptors (Lipinski definition) is 2. The first-order valence-corrected chi connectivity index (χ1v) is 5.96. The molecule has 0 aliphatic rings. The van der Waals surface area contributed by atoms with E-state index >= 15 is 0 Å². The average molecular weight is 256 g/mol. The monoisotopic (exact) mass is 256 g/mol. The molecule has 0 radical (unpaired) electrons. The molecule has 2 unspecified atom stereocenters. The third kappa shape index (κ3) is 3.68. The van der Waals surface area contributed by atoms with Gasteiger partial charge >= 0.3 is 0 Å². The third-order valence-electron chi connectivity index (χ3n) is 2.72. The van der Waals surface area contributed by atoms with E-state index in [0.717, 1.165) is 12.5 Å². The number of nitrogens with one attached hydrogen (secondary N) is 2. The molecule has 0 aromatic heterocycles. The molecule has 1 aromatic carbocycles. The lowest BCUT2D eigenvalue weighted by Gasteiger charge is -2.18. The van der Waals surface area contributed by atoms with Crippen molar-refractivity contribution in [2.24, 2.45) is 0 Å². The van der Waals surface area contributed by atoms with Crippen molar-refractivity contribution in [3.05, 3.63) is 29.8 Å². The van der Waals surface area contributed by atoms with Crippen molar-refractivity contribution in [2.45, 2.75) is 39.3 Å². The number of halogens is 2. The molecule has 1 aromatic rings. The van der Waals surface area contributed by atoms with Gasteiger partial charge in [-0.2, -0.15) is 0 Å². The first-order valence-electron chi connectivity index (χ1n) is 5.96. The highest BCUT2D eigenvalue weighted by atomic mass is 19.2. The fourth-order valence-electron chi connectivity index (χ4n) is 1.38. The van der Waals surface area contributed by atoms with Crippen LogP contribution < -0.4 is 10.6 Å². The van der Waals surface area contributed by atoms with E-state index in [1.54, 1.807) is 6.92 Å². The van der Waals surface area contributed by atoms with Crippen LogP contribution in [0.25, 0.3) is 0 Å². The van der Waals surface area contributed by atoms with Crippen molar-refractivity contribution in [3.63, 3.8) is 0 Å². The minimum Gasteiger partial charge on any atom is -0.371 e. The summed E-state index contributed by atoms with van der Waals surface area (Å²) in [6, 6.07) is 3.24. The fourth-order valence-corrected chi connectivity index (χ4v) is 1.38. The molecule has 0 saturated heterocycles. The van der Waals surface area contributed by atoms with Gasteiger partial charge < -0.3 is 10.6 Å². The van der Waals surface area contributed by atoms with Crippen LogP contribution in [0.5, 0.6) is 0 Å². The van der Waals surface area contributed by atoms with Gasteiger partial charge in [-0.1, -0.05) is 13.0 Å². The van der Waals surface area contributed by atoms with Crippen molar-refractivity contribution in [1.29, 1.82) is 0 Å². The van der Waals surface area contributed by atoms with Gasteiger partial charge in [0.25, 0.3) is 0 Å². The van der Waals surface area contributed by atoms with E-state index in [9.17, 15) is 13.6 Å². The largest absolute Gasteiger partial charge is 0.371 e. The van der Waals surface area contributed by atoms with Crippen LogP contribution in [0.4, 0.5) is 14.5 Å². The number of carbonyl (C=O) groups is 1. The van der Waals surface area contributed by atoms with Gasteiger partial charge in [0.1, 0.15) is 6.04 Å². The Morgan fingerprint density at radius 3 is 2.61 bits per heavy atom. The van der Waals surface area contributed by atoms with Crippen LogP contribution in [-0.2, 0) is 4.79 Å². The van der Waals surface area contributed by atoms with Gasteiger partial charge in [-0.05, 0) is 32.4 Å². The van der Waals surface area contributed by atoms with Crippen LogP contribution in [0.15, 0.2) is 18.2 Å². The highest BCUT2D eigenvalue weighted by Crippen LogP contribution is 2.17.